The first kappa shape index (κ1) is 14.6. The number of carbonyl (C=O) groups excluding carboxylic acids is 2. The zero-order valence-corrected chi connectivity index (χ0v) is 11.6. The Balaban J connectivity index is 1.76. The molecule has 1 aliphatic carbocycles. The van der Waals surface area contributed by atoms with Gasteiger partial charge in [0.2, 0.25) is 0 Å². The highest BCUT2D eigenvalue weighted by Gasteiger charge is 2.22. The zero-order chi connectivity index (χ0) is 14.5. The van der Waals surface area contributed by atoms with Crippen molar-refractivity contribution in [2.75, 3.05) is 6.54 Å². The molecule has 110 valence electrons. The van der Waals surface area contributed by atoms with Crippen molar-refractivity contribution in [1.29, 1.82) is 0 Å². The molecule has 1 unspecified atom stereocenters. The third-order valence-electron chi connectivity index (χ3n) is 3.68. The molecule has 0 bridgehead atoms. The number of aliphatic hydroxyl groups excluding tert-OH is 1. The van der Waals surface area contributed by atoms with Crippen molar-refractivity contribution < 1.29 is 14.7 Å². The van der Waals surface area contributed by atoms with Gasteiger partial charge >= 0.3 is 11.8 Å². The molecular formula is C14H21N3O3. The molecule has 6 nitrogen and oxygen atoms in total. The molecule has 1 fully saturated rings. The highest BCUT2D eigenvalue weighted by molar-refractivity contribution is 6.35. The van der Waals surface area contributed by atoms with Crippen molar-refractivity contribution in [3.8, 4) is 0 Å². The largest absolute Gasteiger partial charge is 0.385 e. The molecule has 1 aromatic rings. The number of aliphatic hydroxyl groups is 1. The van der Waals surface area contributed by atoms with Gasteiger partial charge in [-0.1, -0.05) is 12.8 Å². The van der Waals surface area contributed by atoms with E-state index in [1.54, 1.807) is 10.6 Å². The lowest BCUT2D eigenvalue weighted by Crippen LogP contribution is -2.44. The smallest absolute Gasteiger partial charge is 0.309 e. The molecule has 6 heteroatoms. The van der Waals surface area contributed by atoms with Crippen molar-refractivity contribution in [2.45, 2.75) is 37.8 Å². The Hall–Kier alpha value is -1.82. The molecule has 3 N–H and O–H groups in total. The topological polar surface area (TPSA) is 83.4 Å². The highest BCUT2D eigenvalue weighted by Crippen LogP contribution is 2.17. The molecule has 1 aromatic heterocycles. The first-order valence-corrected chi connectivity index (χ1v) is 6.96. The number of nitrogens with zero attached hydrogens (tertiary/aromatic N) is 1. The van der Waals surface area contributed by atoms with Gasteiger partial charge in [-0.15, -0.1) is 0 Å². The van der Waals surface area contributed by atoms with E-state index in [4.69, 9.17) is 0 Å². The maximum atomic E-state index is 11.7. The number of nitrogens with one attached hydrogen (secondary N) is 2. The maximum Gasteiger partial charge on any atom is 0.309 e. The minimum absolute atomic E-state index is 0.0226. The van der Waals surface area contributed by atoms with Gasteiger partial charge < -0.3 is 20.3 Å². The van der Waals surface area contributed by atoms with Gasteiger partial charge in [0, 0.05) is 31.5 Å². The van der Waals surface area contributed by atoms with Crippen LogP contribution in [0.3, 0.4) is 0 Å². The predicted molar refractivity (Wildman–Crippen MR) is 73.8 cm³/mol. The Bertz CT molecular complexity index is 478. The van der Waals surface area contributed by atoms with Crippen molar-refractivity contribution >= 4 is 11.8 Å². The second-order valence-electron chi connectivity index (χ2n) is 5.22. The lowest BCUT2D eigenvalue weighted by Gasteiger charge is -2.14. The Kier molecular flexibility index (Phi) is 4.79. The van der Waals surface area contributed by atoms with E-state index in [9.17, 15) is 14.7 Å². The monoisotopic (exact) mass is 279 g/mol. The SMILES string of the molecule is Cn1cccc1C(O)CNC(=O)C(=O)NC1CCCC1. The van der Waals surface area contributed by atoms with E-state index in [2.05, 4.69) is 10.6 Å². The van der Waals surface area contributed by atoms with Crippen LogP contribution in [-0.2, 0) is 16.6 Å². The molecule has 1 atom stereocenters. The molecule has 1 saturated carbocycles. The van der Waals surface area contributed by atoms with Crippen molar-refractivity contribution in [2.24, 2.45) is 7.05 Å². The maximum absolute atomic E-state index is 11.7. The van der Waals surface area contributed by atoms with Gasteiger partial charge in [-0.25, -0.2) is 0 Å². The molecule has 2 rings (SSSR count). The van der Waals surface area contributed by atoms with E-state index in [-0.39, 0.29) is 12.6 Å². The quantitative estimate of drug-likeness (QED) is 0.690. The first-order valence-electron chi connectivity index (χ1n) is 6.96. The van der Waals surface area contributed by atoms with E-state index in [1.165, 1.54) is 0 Å². The van der Waals surface area contributed by atoms with Crippen LogP contribution in [0.4, 0.5) is 0 Å². The van der Waals surface area contributed by atoms with Gasteiger partial charge in [0.05, 0.1) is 0 Å². The number of hydrogen-bond donors (Lipinski definition) is 3. The second kappa shape index (κ2) is 6.56. The normalized spacial score (nSPS) is 16.9. The Morgan fingerprint density at radius 2 is 2.10 bits per heavy atom. The highest BCUT2D eigenvalue weighted by atomic mass is 16.3. The average Bonchev–Trinajstić information content (AvgIpc) is 3.06. The standard InChI is InChI=1S/C14H21N3O3/c1-17-8-4-7-11(17)12(18)9-15-13(19)14(20)16-10-5-2-3-6-10/h4,7-8,10,12,18H,2-3,5-6,9H2,1H3,(H,15,19)(H,16,20). The van der Waals surface area contributed by atoms with Crippen molar-refractivity contribution in [3.05, 3.63) is 24.0 Å². The van der Waals surface area contributed by atoms with Crippen LogP contribution in [0.25, 0.3) is 0 Å². The Morgan fingerprint density at radius 1 is 1.40 bits per heavy atom. The summed E-state index contributed by atoms with van der Waals surface area (Å²) in [5, 5.41) is 15.1. The van der Waals surface area contributed by atoms with Crippen LogP contribution in [0, 0.1) is 0 Å². The number of carbonyl (C=O) groups is 2. The van der Waals surface area contributed by atoms with Gasteiger partial charge in [-0.05, 0) is 25.0 Å². The first-order chi connectivity index (χ1) is 9.58. The fourth-order valence-corrected chi connectivity index (χ4v) is 2.52. The van der Waals surface area contributed by atoms with Gasteiger partial charge in [0.25, 0.3) is 0 Å². The fraction of sp³-hybridized carbons (Fsp3) is 0.571. The number of rotatable bonds is 4. The van der Waals surface area contributed by atoms with Crippen LogP contribution in [0.1, 0.15) is 37.5 Å². The van der Waals surface area contributed by atoms with E-state index in [0.717, 1.165) is 25.7 Å². The number of amides is 2. The summed E-state index contributed by atoms with van der Waals surface area (Å²) in [7, 11) is 1.81. The molecule has 0 saturated heterocycles. The van der Waals surface area contributed by atoms with E-state index in [0.29, 0.717) is 5.69 Å². The molecule has 1 aliphatic rings. The van der Waals surface area contributed by atoms with Crippen LogP contribution in [0.5, 0.6) is 0 Å². The summed E-state index contributed by atoms with van der Waals surface area (Å²) in [6, 6.07) is 3.70. The minimum Gasteiger partial charge on any atom is -0.385 e. The molecule has 2 amide bonds. The molecule has 0 aliphatic heterocycles. The summed E-state index contributed by atoms with van der Waals surface area (Å²) in [4.78, 5) is 23.3. The predicted octanol–water partition coefficient (Wildman–Crippen LogP) is 0.233. The van der Waals surface area contributed by atoms with Crippen molar-refractivity contribution in [1.82, 2.24) is 15.2 Å². The van der Waals surface area contributed by atoms with Crippen LogP contribution < -0.4 is 10.6 Å². The van der Waals surface area contributed by atoms with Crippen LogP contribution in [0.15, 0.2) is 18.3 Å². The fourth-order valence-electron chi connectivity index (χ4n) is 2.52. The molecular weight excluding hydrogens is 258 g/mol. The second-order valence-corrected chi connectivity index (χ2v) is 5.22. The van der Waals surface area contributed by atoms with Gasteiger partial charge in [0.1, 0.15) is 6.10 Å². The summed E-state index contributed by atoms with van der Waals surface area (Å²) in [6.07, 6.45) is 5.05. The summed E-state index contributed by atoms with van der Waals surface area (Å²) in [6.45, 7) is 0.0226. The lowest BCUT2D eigenvalue weighted by molar-refractivity contribution is -0.139. The van der Waals surface area contributed by atoms with Crippen LogP contribution in [0.2, 0.25) is 0 Å². The molecule has 0 spiro atoms. The summed E-state index contributed by atoms with van der Waals surface area (Å²) in [5.74, 6) is -1.30. The number of hydrogen-bond acceptors (Lipinski definition) is 3. The Morgan fingerprint density at radius 3 is 2.70 bits per heavy atom. The van der Waals surface area contributed by atoms with Crippen LogP contribution in [-0.4, -0.2) is 34.1 Å². The third kappa shape index (κ3) is 3.60. The van der Waals surface area contributed by atoms with Gasteiger partial charge in [-0.3, -0.25) is 9.59 Å². The lowest BCUT2D eigenvalue weighted by atomic mass is 10.2. The van der Waals surface area contributed by atoms with E-state index >= 15 is 0 Å². The third-order valence-corrected chi connectivity index (χ3v) is 3.68. The Labute approximate surface area is 118 Å². The number of aromatic nitrogens is 1. The minimum atomic E-state index is -0.821. The average molecular weight is 279 g/mol. The molecule has 1 heterocycles. The summed E-state index contributed by atoms with van der Waals surface area (Å²) >= 11 is 0. The molecule has 0 radical (unpaired) electrons. The van der Waals surface area contributed by atoms with Gasteiger partial charge in [0.15, 0.2) is 0 Å². The number of aryl methyl sites for hydroxylation is 1. The van der Waals surface area contributed by atoms with Crippen molar-refractivity contribution in [3.63, 3.8) is 0 Å². The molecule has 20 heavy (non-hydrogen) atoms. The summed E-state index contributed by atoms with van der Waals surface area (Å²) in [5.41, 5.74) is 0.696. The summed E-state index contributed by atoms with van der Waals surface area (Å²) < 4.78 is 1.77. The molecule has 0 aromatic carbocycles. The van der Waals surface area contributed by atoms with E-state index in [1.807, 2.05) is 19.3 Å². The van der Waals surface area contributed by atoms with Crippen LogP contribution >= 0.6 is 0 Å². The zero-order valence-electron chi connectivity index (χ0n) is 11.6. The van der Waals surface area contributed by atoms with E-state index < -0.39 is 17.9 Å². The van der Waals surface area contributed by atoms with Gasteiger partial charge in [-0.2, -0.15) is 0 Å².